The second-order valence-corrected chi connectivity index (χ2v) is 6.46. The maximum atomic E-state index is 4.83. The summed E-state index contributed by atoms with van der Waals surface area (Å²) in [5.74, 6) is 1.08. The minimum Gasteiger partial charge on any atom is -0.357 e. The van der Waals surface area contributed by atoms with E-state index in [1.165, 1.54) is 6.42 Å². The Labute approximate surface area is 144 Å². The minimum absolute atomic E-state index is 0.664. The highest BCUT2D eigenvalue weighted by molar-refractivity contribution is 5.80. The predicted molar refractivity (Wildman–Crippen MR) is 95.9 cm³/mol. The maximum Gasteiger partial charge on any atom is 0.193 e. The molecule has 3 rings (SSSR count). The Morgan fingerprint density at radius 3 is 2.75 bits per heavy atom. The van der Waals surface area contributed by atoms with Gasteiger partial charge in [0.2, 0.25) is 0 Å². The monoisotopic (exact) mass is 331 g/mol. The van der Waals surface area contributed by atoms with Gasteiger partial charge in [0.15, 0.2) is 5.96 Å². The summed E-state index contributed by atoms with van der Waals surface area (Å²) in [6.45, 7) is 9.31. The quantitative estimate of drug-likeness (QED) is 0.349. The fraction of sp³-hybridized carbons (Fsp3) is 0.706. The van der Waals surface area contributed by atoms with Crippen LogP contribution in [-0.2, 0) is 6.54 Å². The summed E-state index contributed by atoms with van der Waals surface area (Å²) >= 11 is 0. The van der Waals surface area contributed by atoms with Crippen LogP contribution in [0.4, 0.5) is 0 Å². The molecule has 1 N–H and O–H groups in total. The van der Waals surface area contributed by atoms with Crippen LogP contribution in [0.1, 0.15) is 26.2 Å². The Balaban J connectivity index is 1.43. The van der Waals surface area contributed by atoms with Crippen molar-refractivity contribution in [3.05, 3.63) is 24.8 Å². The molecule has 7 heteroatoms. The molecule has 7 nitrogen and oxygen atoms in total. The minimum atomic E-state index is 0.664. The van der Waals surface area contributed by atoms with Crippen molar-refractivity contribution in [3.63, 3.8) is 0 Å². The third-order valence-electron chi connectivity index (χ3n) is 4.71. The highest BCUT2D eigenvalue weighted by atomic mass is 15.3. The van der Waals surface area contributed by atoms with Crippen molar-refractivity contribution in [3.8, 4) is 0 Å². The normalized spacial score (nSPS) is 21.8. The number of guanidine groups is 1. The molecule has 132 valence electrons. The molecule has 1 fully saturated rings. The van der Waals surface area contributed by atoms with Crippen molar-refractivity contribution in [1.82, 2.24) is 29.9 Å². The third-order valence-corrected chi connectivity index (χ3v) is 4.71. The Bertz CT molecular complexity index is 529. The summed E-state index contributed by atoms with van der Waals surface area (Å²) in [5.41, 5.74) is 0. The Kier molecular flexibility index (Phi) is 6.23. The van der Waals surface area contributed by atoms with Crippen LogP contribution < -0.4 is 5.32 Å². The summed E-state index contributed by atoms with van der Waals surface area (Å²) in [6.07, 6.45) is 11.5. The van der Waals surface area contributed by atoms with E-state index >= 15 is 0 Å². The molecule has 1 atom stereocenters. The number of aliphatic imine (C=N–C) groups is 1. The van der Waals surface area contributed by atoms with Gasteiger partial charge in [-0.1, -0.05) is 12.2 Å². The Morgan fingerprint density at radius 1 is 1.21 bits per heavy atom. The molecule has 1 saturated heterocycles. The van der Waals surface area contributed by atoms with Crippen molar-refractivity contribution in [1.29, 1.82) is 0 Å². The number of hydrogen-bond acceptors (Lipinski definition) is 4. The third kappa shape index (κ3) is 4.56. The van der Waals surface area contributed by atoms with Gasteiger partial charge in [0, 0.05) is 51.9 Å². The summed E-state index contributed by atoms with van der Waals surface area (Å²) in [5, 5.41) is 11.1. The number of unbranched alkanes of at least 4 members (excludes halogenated alkanes) is 1. The molecule has 0 aliphatic carbocycles. The highest BCUT2D eigenvalue weighted by Gasteiger charge is 2.29. The smallest absolute Gasteiger partial charge is 0.193 e. The number of nitrogens with zero attached hydrogens (tertiary/aromatic N) is 6. The van der Waals surface area contributed by atoms with E-state index in [9.17, 15) is 0 Å². The lowest BCUT2D eigenvalue weighted by atomic mass is 10.2. The number of likely N-dealkylation sites (tertiary alicyclic amines) is 1. The second kappa shape index (κ2) is 8.82. The molecular weight excluding hydrogens is 302 g/mol. The van der Waals surface area contributed by atoms with E-state index in [4.69, 9.17) is 4.99 Å². The molecule has 2 aliphatic heterocycles. The van der Waals surface area contributed by atoms with Gasteiger partial charge in [-0.05, 0) is 26.2 Å². The van der Waals surface area contributed by atoms with E-state index in [1.54, 1.807) is 12.7 Å². The largest absolute Gasteiger partial charge is 0.357 e. The van der Waals surface area contributed by atoms with Gasteiger partial charge < -0.3 is 14.8 Å². The first-order chi connectivity index (χ1) is 11.9. The average Bonchev–Trinajstić information content (AvgIpc) is 3.34. The van der Waals surface area contributed by atoms with E-state index in [0.29, 0.717) is 6.04 Å². The first kappa shape index (κ1) is 17.0. The summed E-state index contributed by atoms with van der Waals surface area (Å²) in [7, 11) is 0. The molecule has 0 aromatic carbocycles. The predicted octanol–water partition coefficient (Wildman–Crippen LogP) is 0.970. The molecule has 24 heavy (non-hydrogen) atoms. The zero-order valence-electron chi connectivity index (χ0n) is 14.6. The molecule has 0 saturated carbocycles. The second-order valence-electron chi connectivity index (χ2n) is 6.46. The average molecular weight is 331 g/mol. The molecule has 0 amide bonds. The fourth-order valence-corrected chi connectivity index (χ4v) is 3.38. The van der Waals surface area contributed by atoms with Crippen LogP contribution in [0.15, 0.2) is 29.8 Å². The zero-order valence-corrected chi connectivity index (χ0v) is 14.6. The summed E-state index contributed by atoms with van der Waals surface area (Å²) in [4.78, 5) is 9.81. The number of rotatable bonds is 7. The van der Waals surface area contributed by atoms with Crippen molar-refractivity contribution < 1.29 is 0 Å². The fourth-order valence-electron chi connectivity index (χ4n) is 3.38. The molecule has 1 aromatic rings. The van der Waals surface area contributed by atoms with Crippen molar-refractivity contribution in [2.24, 2.45) is 4.99 Å². The Hall–Kier alpha value is -1.89. The van der Waals surface area contributed by atoms with Gasteiger partial charge in [-0.3, -0.25) is 9.89 Å². The van der Waals surface area contributed by atoms with Gasteiger partial charge in [-0.15, -0.1) is 10.2 Å². The lowest BCUT2D eigenvalue weighted by Crippen LogP contribution is -2.42. The maximum absolute atomic E-state index is 4.83. The van der Waals surface area contributed by atoms with E-state index in [-0.39, 0.29) is 0 Å². The van der Waals surface area contributed by atoms with E-state index < -0.39 is 0 Å². The first-order valence-electron chi connectivity index (χ1n) is 9.11. The molecule has 0 radical (unpaired) electrons. The summed E-state index contributed by atoms with van der Waals surface area (Å²) in [6, 6.07) is 0.664. The van der Waals surface area contributed by atoms with Gasteiger partial charge >= 0.3 is 0 Å². The highest BCUT2D eigenvalue weighted by Crippen LogP contribution is 2.17. The lowest BCUT2D eigenvalue weighted by molar-refractivity contribution is 0.259. The lowest BCUT2D eigenvalue weighted by Gasteiger charge is -2.25. The van der Waals surface area contributed by atoms with Crippen molar-refractivity contribution >= 4 is 5.96 Å². The van der Waals surface area contributed by atoms with Gasteiger partial charge in [0.1, 0.15) is 12.7 Å². The summed E-state index contributed by atoms with van der Waals surface area (Å²) < 4.78 is 2.02. The van der Waals surface area contributed by atoms with Crippen LogP contribution >= 0.6 is 0 Å². The van der Waals surface area contributed by atoms with Gasteiger partial charge in [-0.25, -0.2) is 0 Å². The SMILES string of the molecule is CCNC(=NCCCCn1cnnc1)N1CCC(N2CC=CC2)C1. The molecule has 0 spiro atoms. The van der Waals surface area contributed by atoms with Crippen LogP contribution in [0.5, 0.6) is 0 Å². The zero-order chi connectivity index (χ0) is 16.6. The number of nitrogens with one attached hydrogen (secondary N) is 1. The van der Waals surface area contributed by atoms with Crippen LogP contribution in [0.25, 0.3) is 0 Å². The van der Waals surface area contributed by atoms with Gasteiger partial charge in [0.05, 0.1) is 0 Å². The Morgan fingerprint density at radius 2 is 2.00 bits per heavy atom. The standard InChI is InChI=1S/C17H29N7/c1-2-18-17(19-8-3-4-9-22-14-20-21-15-22)24-12-7-16(13-24)23-10-5-6-11-23/h5-6,14-16H,2-4,7-13H2,1H3,(H,18,19). The molecule has 1 aromatic heterocycles. The van der Waals surface area contributed by atoms with Crippen molar-refractivity contribution in [2.75, 3.05) is 39.3 Å². The van der Waals surface area contributed by atoms with Crippen LogP contribution in [-0.4, -0.2) is 75.8 Å². The van der Waals surface area contributed by atoms with Gasteiger partial charge in [-0.2, -0.15) is 0 Å². The molecule has 3 heterocycles. The topological polar surface area (TPSA) is 61.6 Å². The van der Waals surface area contributed by atoms with E-state index in [1.807, 2.05) is 4.57 Å². The molecule has 2 aliphatic rings. The van der Waals surface area contributed by atoms with E-state index in [0.717, 1.165) is 64.6 Å². The van der Waals surface area contributed by atoms with Crippen molar-refractivity contribution in [2.45, 2.75) is 38.8 Å². The number of aromatic nitrogens is 3. The number of aryl methyl sites for hydroxylation is 1. The van der Waals surface area contributed by atoms with Gasteiger partial charge in [0.25, 0.3) is 0 Å². The first-order valence-corrected chi connectivity index (χ1v) is 9.11. The number of hydrogen-bond donors (Lipinski definition) is 1. The van der Waals surface area contributed by atoms with Crippen LogP contribution in [0, 0.1) is 0 Å². The van der Waals surface area contributed by atoms with Crippen LogP contribution in [0.3, 0.4) is 0 Å². The molecule has 1 unspecified atom stereocenters. The van der Waals surface area contributed by atoms with Crippen LogP contribution in [0.2, 0.25) is 0 Å². The molecule has 0 bridgehead atoms. The molecular formula is C17H29N7. The van der Waals surface area contributed by atoms with E-state index in [2.05, 4.69) is 44.4 Å².